The Kier molecular flexibility index (Phi) is 5.12. The molecule has 1 fully saturated rings. The third kappa shape index (κ3) is 3.48. The van der Waals surface area contributed by atoms with Gasteiger partial charge in [0.25, 0.3) is 0 Å². The average molecular weight is 416 g/mol. The minimum Gasteiger partial charge on any atom is -0.508 e. The molecule has 4 rings (SSSR count). The van der Waals surface area contributed by atoms with Gasteiger partial charge in [-0.2, -0.15) is 0 Å². The molecule has 0 amide bonds. The molecule has 158 valence electrons. The van der Waals surface area contributed by atoms with Crippen molar-refractivity contribution in [3.63, 3.8) is 0 Å². The topological polar surface area (TPSA) is 150 Å². The summed E-state index contributed by atoms with van der Waals surface area (Å²) in [5.74, 6) is -0.340. The Hall–Kier alpha value is -3.11. The summed E-state index contributed by atoms with van der Waals surface area (Å²) in [6.45, 7) is 1.49. The quantitative estimate of drug-likeness (QED) is 0.423. The monoisotopic (exact) mass is 416 g/mol. The van der Waals surface area contributed by atoms with Gasteiger partial charge in [0.05, 0.1) is 11.7 Å². The average Bonchev–Trinajstić information content (AvgIpc) is 2.71. The van der Waals surface area contributed by atoms with Crippen LogP contribution in [0.25, 0.3) is 22.1 Å². The molecule has 2 aromatic carbocycles. The van der Waals surface area contributed by atoms with Crippen molar-refractivity contribution < 1.29 is 39.4 Å². The lowest BCUT2D eigenvalue weighted by molar-refractivity contribution is -0.267. The summed E-state index contributed by atoms with van der Waals surface area (Å²) in [7, 11) is 0. The SMILES string of the molecule is C[C@H]1OC(Oc2cc(O)cc3occ(-c4ccc(O)cc4)c(=O)c23)[C@H](O)[C@@H](O)[C@@H]1O. The van der Waals surface area contributed by atoms with E-state index in [0.29, 0.717) is 5.56 Å². The lowest BCUT2D eigenvalue weighted by Crippen LogP contribution is -2.58. The summed E-state index contributed by atoms with van der Waals surface area (Å²) in [6.07, 6.45) is -5.45. The smallest absolute Gasteiger partial charge is 0.229 e. The van der Waals surface area contributed by atoms with Crippen LogP contribution in [0.15, 0.2) is 51.9 Å². The van der Waals surface area contributed by atoms with E-state index in [-0.39, 0.29) is 33.8 Å². The summed E-state index contributed by atoms with van der Waals surface area (Å²) in [6, 6.07) is 8.34. The Labute approximate surface area is 170 Å². The zero-order chi connectivity index (χ0) is 21.6. The zero-order valence-electron chi connectivity index (χ0n) is 15.8. The van der Waals surface area contributed by atoms with Gasteiger partial charge in [-0.1, -0.05) is 12.1 Å². The molecule has 1 aliphatic rings. The lowest BCUT2D eigenvalue weighted by atomic mass is 10.00. The molecule has 0 bridgehead atoms. The number of aliphatic hydroxyl groups is 3. The molecule has 9 nitrogen and oxygen atoms in total. The van der Waals surface area contributed by atoms with Gasteiger partial charge in [-0.15, -0.1) is 0 Å². The van der Waals surface area contributed by atoms with E-state index in [1.807, 2.05) is 0 Å². The van der Waals surface area contributed by atoms with Crippen LogP contribution >= 0.6 is 0 Å². The molecule has 2 heterocycles. The molecule has 1 saturated heterocycles. The van der Waals surface area contributed by atoms with E-state index in [1.165, 1.54) is 31.4 Å². The molecule has 3 aromatic rings. The highest BCUT2D eigenvalue weighted by Gasteiger charge is 2.43. The van der Waals surface area contributed by atoms with Crippen LogP contribution in [0.2, 0.25) is 0 Å². The molecule has 0 saturated carbocycles. The van der Waals surface area contributed by atoms with Gasteiger partial charge in [0, 0.05) is 12.1 Å². The first-order chi connectivity index (χ1) is 14.3. The zero-order valence-corrected chi connectivity index (χ0v) is 15.8. The molecular weight excluding hydrogens is 396 g/mol. The fourth-order valence-electron chi connectivity index (χ4n) is 3.37. The van der Waals surface area contributed by atoms with Crippen LogP contribution < -0.4 is 10.2 Å². The number of hydrogen-bond donors (Lipinski definition) is 5. The molecule has 1 unspecified atom stereocenters. The van der Waals surface area contributed by atoms with Crippen molar-refractivity contribution in [3.8, 4) is 28.4 Å². The maximum Gasteiger partial charge on any atom is 0.229 e. The second-order valence-corrected chi connectivity index (χ2v) is 7.14. The summed E-state index contributed by atoms with van der Waals surface area (Å²) in [5.41, 5.74) is 0.239. The van der Waals surface area contributed by atoms with Crippen LogP contribution in [0.4, 0.5) is 0 Å². The predicted molar refractivity (Wildman–Crippen MR) is 104 cm³/mol. The summed E-state index contributed by atoms with van der Waals surface area (Å²) in [5, 5.41) is 49.5. The summed E-state index contributed by atoms with van der Waals surface area (Å²) >= 11 is 0. The van der Waals surface area contributed by atoms with Gasteiger partial charge in [0.2, 0.25) is 11.7 Å². The van der Waals surface area contributed by atoms with E-state index in [0.717, 1.165) is 6.07 Å². The number of rotatable bonds is 3. The highest BCUT2D eigenvalue weighted by Crippen LogP contribution is 2.33. The van der Waals surface area contributed by atoms with Crippen LogP contribution in [-0.2, 0) is 4.74 Å². The first kappa shape index (κ1) is 20.2. The van der Waals surface area contributed by atoms with Crippen molar-refractivity contribution >= 4 is 11.0 Å². The minimum atomic E-state index is -1.60. The second-order valence-electron chi connectivity index (χ2n) is 7.14. The van der Waals surface area contributed by atoms with E-state index >= 15 is 0 Å². The van der Waals surface area contributed by atoms with E-state index in [4.69, 9.17) is 13.9 Å². The highest BCUT2D eigenvalue weighted by atomic mass is 16.7. The maximum atomic E-state index is 13.2. The Morgan fingerprint density at radius 2 is 1.63 bits per heavy atom. The standard InChI is InChI=1S/C21H20O9/c1-9-17(24)19(26)20(27)21(29-9)30-15-7-12(23)6-14-16(15)18(25)13(8-28-14)10-2-4-11(22)5-3-10/h2-9,17,19-24,26-27H,1H3/t9-,17-,19+,20-,21?/m1/s1. The van der Waals surface area contributed by atoms with Gasteiger partial charge in [0.15, 0.2) is 0 Å². The Morgan fingerprint density at radius 3 is 2.33 bits per heavy atom. The number of ether oxygens (including phenoxy) is 2. The Balaban J connectivity index is 1.80. The minimum absolute atomic E-state index is 0.0116. The molecule has 5 atom stereocenters. The van der Waals surface area contributed by atoms with Gasteiger partial charge in [-0.05, 0) is 24.6 Å². The van der Waals surface area contributed by atoms with Crippen molar-refractivity contribution in [2.24, 2.45) is 0 Å². The molecule has 1 aromatic heterocycles. The number of phenolic OH excluding ortho intramolecular Hbond substituents is 2. The van der Waals surface area contributed by atoms with Crippen molar-refractivity contribution in [2.75, 3.05) is 0 Å². The largest absolute Gasteiger partial charge is 0.508 e. The highest BCUT2D eigenvalue weighted by molar-refractivity contribution is 5.88. The second kappa shape index (κ2) is 7.62. The molecule has 0 spiro atoms. The summed E-state index contributed by atoms with van der Waals surface area (Å²) < 4.78 is 16.6. The van der Waals surface area contributed by atoms with Crippen LogP contribution in [-0.4, -0.2) is 56.2 Å². The van der Waals surface area contributed by atoms with Gasteiger partial charge in [0.1, 0.15) is 52.8 Å². The molecular formula is C21H20O9. The molecule has 5 N–H and O–H groups in total. The van der Waals surface area contributed by atoms with Crippen molar-refractivity contribution in [1.29, 1.82) is 0 Å². The first-order valence-corrected chi connectivity index (χ1v) is 9.20. The number of hydrogen-bond acceptors (Lipinski definition) is 9. The molecule has 0 radical (unpaired) electrons. The third-order valence-corrected chi connectivity index (χ3v) is 5.06. The third-order valence-electron chi connectivity index (χ3n) is 5.06. The molecule has 1 aliphatic heterocycles. The van der Waals surface area contributed by atoms with Crippen molar-refractivity contribution in [1.82, 2.24) is 0 Å². The van der Waals surface area contributed by atoms with Crippen molar-refractivity contribution in [3.05, 3.63) is 52.9 Å². The molecule has 30 heavy (non-hydrogen) atoms. The Morgan fingerprint density at radius 1 is 0.933 bits per heavy atom. The maximum absolute atomic E-state index is 13.2. The number of aromatic hydroxyl groups is 2. The number of phenols is 2. The summed E-state index contributed by atoms with van der Waals surface area (Å²) in [4.78, 5) is 13.2. The van der Waals surface area contributed by atoms with E-state index in [2.05, 4.69) is 0 Å². The number of fused-ring (bicyclic) bond motifs is 1. The van der Waals surface area contributed by atoms with E-state index in [1.54, 1.807) is 12.1 Å². The van der Waals surface area contributed by atoms with E-state index < -0.39 is 36.1 Å². The predicted octanol–water partition coefficient (Wildman–Crippen LogP) is 1.08. The molecule has 9 heteroatoms. The van der Waals surface area contributed by atoms with Crippen molar-refractivity contribution in [2.45, 2.75) is 37.6 Å². The van der Waals surface area contributed by atoms with Crippen LogP contribution in [0, 0.1) is 0 Å². The van der Waals surface area contributed by atoms with Gasteiger partial charge < -0.3 is 39.4 Å². The lowest BCUT2D eigenvalue weighted by Gasteiger charge is -2.38. The fraction of sp³-hybridized carbons (Fsp3) is 0.286. The van der Waals surface area contributed by atoms with Crippen LogP contribution in [0.3, 0.4) is 0 Å². The van der Waals surface area contributed by atoms with Crippen LogP contribution in [0.1, 0.15) is 6.92 Å². The number of benzene rings is 2. The molecule has 0 aliphatic carbocycles. The number of aliphatic hydroxyl groups excluding tert-OH is 3. The fourth-order valence-corrected chi connectivity index (χ4v) is 3.37. The first-order valence-electron chi connectivity index (χ1n) is 9.20. The van der Waals surface area contributed by atoms with Crippen LogP contribution in [0.5, 0.6) is 17.2 Å². The normalized spacial score (nSPS) is 26.6. The van der Waals surface area contributed by atoms with Gasteiger partial charge in [-0.3, -0.25) is 4.79 Å². The van der Waals surface area contributed by atoms with Gasteiger partial charge >= 0.3 is 0 Å². The van der Waals surface area contributed by atoms with Gasteiger partial charge in [-0.25, -0.2) is 0 Å². The van der Waals surface area contributed by atoms with E-state index in [9.17, 15) is 30.3 Å². The Bertz CT molecular complexity index is 1120.